The average molecular weight is 391 g/mol. The van der Waals surface area contributed by atoms with Crippen LogP contribution < -0.4 is 5.32 Å². The first-order valence-electron chi connectivity index (χ1n) is 7.98. The molecule has 0 bridgehead atoms. The van der Waals surface area contributed by atoms with Crippen molar-refractivity contribution in [1.29, 1.82) is 5.26 Å². The summed E-state index contributed by atoms with van der Waals surface area (Å²) in [5.41, 5.74) is -3.91. The molecule has 1 saturated heterocycles. The second kappa shape index (κ2) is 7.90. The molecule has 1 aliphatic rings. The zero-order chi connectivity index (χ0) is 20.2. The van der Waals surface area contributed by atoms with Crippen LogP contribution in [0.3, 0.4) is 0 Å². The van der Waals surface area contributed by atoms with E-state index in [1.165, 1.54) is 4.90 Å². The Bertz CT molecular complexity index is 738. The van der Waals surface area contributed by atoms with Gasteiger partial charge >= 0.3 is 12.4 Å². The number of hydrogen-bond donors (Lipinski definition) is 1. The topological polar surface area (TPSA) is 56.1 Å². The number of rotatable bonds is 3. The molecule has 1 N–H and O–H groups in total. The number of amides is 1. The Morgan fingerprint density at radius 1 is 1.00 bits per heavy atom. The lowest BCUT2D eigenvalue weighted by Gasteiger charge is -2.26. The minimum Gasteiger partial charge on any atom is -0.360 e. The van der Waals surface area contributed by atoms with Gasteiger partial charge in [-0.15, -0.1) is 0 Å². The van der Waals surface area contributed by atoms with Crippen molar-refractivity contribution >= 4 is 11.6 Å². The number of nitrogens with zero attached hydrogens (tertiary/aromatic N) is 2. The van der Waals surface area contributed by atoms with Gasteiger partial charge in [0, 0.05) is 25.0 Å². The van der Waals surface area contributed by atoms with Crippen LogP contribution in [-0.4, -0.2) is 23.9 Å². The van der Waals surface area contributed by atoms with E-state index in [4.69, 9.17) is 5.26 Å². The average Bonchev–Trinajstić information content (AvgIpc) is 2.61. The van der Waals surface area contributed by atoms with E-state index in [1.54, 1.807) is 6.07 Å². The lowest BCUT2D eigenvalue weighted by Crippen LogP contribution is -2.36. The van der Waals surface area contributed by atoms with Crippen molar-refractivity contribution in [2.45, 2.75) is 31.6 Å². The van der Waals surface area contributed by atoms with Gasteiger partial charge in [0.05, 0.1) is 11.1 Å². The number of hydrogen-bond acceptors (Lipinski definition) is 3. The third-order valence-corrected chi connectivity index (χ3v) is 3.96. The number of nitrogens with one attached hydrogen (secondary N) is 1. The molecule has 0 aliphatic carbocycles. The summed E-state index contributed by atoms with van der Waals surface area (Å²) in [7, 11) is 0. The smallest absolute Gasteiger partial charge is 0.360 e. The first-order chi connectivity index (χ1) is 12.5. The molecule has 146 valence electrons. The van der Waals surface area contributed by atoms with Gasteiger partial charge in [-0.05, 0) is 37.5 Å². The SMILES string of the molecule is N#C/C(=C/Nc1cc(C(F)(F)F)cc(C(F)(F)F)c1)C(=O)N1CCCCC1. The molecule has 1 amide bonds. The molecule has 27 heavy (non-hydrogen) atoms. The monoisotopic (exact) mass is 391 g/mol. The second-order valence-corrected chi connectivity index (χ2v) is 5.96. The van der Waals surface area contributed by atoms with Gasteiger partial charge in [-0.25, -0.2) is 0 Å². The van der Waals surface area contributed by atoms with Gasteiger partial charge in [0.2, 0.25) is 0 Å². The second-order valence-electron chi connectivity index (χ2n) is 5.96. The lowest BCUT2D eigenvalue weighted by molar-refractivity contribution is -0.143. The molecule has 10 heteroatoms. The summed E-state index contributed by atoms with van der Waals surface area (Å²) < 4.78 is 77.1. The molecule has 1 aromatic carbocycles. The van der Waals surface area contributed by atoms with Crippen LogP contribution in [0.1, 0.15) is 30.4 Å². The third-order valence-electron chi connectivity index (χ3n) is 3.96. The largest absolute Gasteiger partial charge is 0.416 e. The molecule has 0 atom stereocenters. The number of nitriles is 1. The zero-order valence-electron chi connectivity index (χ0n) is 13.9. The number of benzene rings is 1. The number of halogens is 6. The Hall–Kier alpha value is -2.70. The van der Waals surface area contributed by atoms with E-state index in [0.29, 0.717) is 25.2 Å². The normalized spacial score (nSPS) is 16.0. The van der Waals surface area contributed by atoms with Crippen molar-refractivity contribution in [3.05, 3.63) is 41.1 Å². The molecule has 0 spiro atoms. The van der Waals surface area contributed by atoms with Gasteiger partial charge in [0.15, 0.2) is 0 Å². The fourth-order valence-electron chi connectivity index (χ4n) is 2.60. The summed E-state index contributed by atoms with van der Waals surface area (Å²) in [6.45, 7) is 0.888. The zero-order valence-corrected chi connectivity index (χ0v) is 13.9. The van der Waals surface area contributed by atoms with Crippen LogP contribution in [-0.2, 0) is 17.1 Å². The summed E-state index contributed by atoms with van der Waals surface area (Å²) in [6.07, 6.45) is -6.67. The standard InChI is InChI=1S/C17H15F6N3O/c18-16(19,20)12-6-13(17(21,22)23)8-14(7-12)25-10-11(9-24)15(27)26-4-2-1-3-5-26/h6-8,10,25H,1-5H2/b11-10-. The molecule has 1 fully saturated rings. The molecule has 0 saturated carbocycles. The number of likely N-dealkylation sites (tertiary alicyclic amines) is 1. The number of carbonyl (C=O) groups is 1. The first-order valence-corrected chi connectivity index (χ1v) is 7.98. The highest BCUT2D eigenvalue weighted by atomic mass is 19.4. The third kappa shape index (κ3) is 5.39. The van der Waals surface area contributed by atoms with Crippen molar-refractivity contribution in [1.82, 2.24) is 4.90 Å². The Labute approximate surface area is 151 Å². The van der Waals surface area contributed by atoms with Crippen LogP contribution >= 0.6 is 0 Å². The molecule has 4 nitrogen and oxygen atoms in total. The highest BCUT2D eigenvalue weighted by Gasteiger charge is 2.36. The summed E-state index contributed by atoms with van der Waals surface area (Å²) in [5, 5.41) is 11.3. The van der Waals surface area contributed by atoms with Crippen LogP contribution in [0.5, 0.6) is 0 Å². The van der Waals surface area contributed by atoms with Crippen molar-refractivity contribution in [2.24, 2.45) is 0 Å². The van der Waals surface area contributed by atoms with E-state index in [0.717, 1.165) is 25.5 Å². The van der Waals surface area contributed by atoms with Gasteiger partial charge in [-0.1, -0.05) is 0 Å². The van der Waals surface area contributed by atoms with Crippen molar-refractivity contribution in [3.63, 3.8) is 0 Å². The highest BCUT2D eigenvalue weighted by Crippen LogP contribution is 2.37. The molecule has 1 aromatic rings. The summed E-state index contributed by atoms with van der Waals surface area (Å²) in [4.78, 5) is 13.7. The number of carbonyl (C=O) groups excluding carboxylic acids is 1. The Morgan fingerprint density at radius 3 is 1.96 bits per heavy atom. The van der Waals surface area contributed by atoms with E-state index in [-0.39, 0.29) is 6.07 Å². The quantitative estimate of drug-likeness (QED) is 0.467. The van der Waals surface area contributed by atoms with Crippen LogP contribution in [0, 0.1) is 11.3 Å². The molecule has 1 aliphatic heterocycles. The van der Waals surface area contributed by atoms with Crippen molar-refractivity contribution in [2.75, 3.05) is 18.4 Å². The van der Waals surface area contributed by atoms with Gasteiger partial charge < -0.3 is 10.2 Å². The Kier molecular flexibility index (Phi) is 6.03. The summed E-state index contributed by atoms with van der Waals surface area (Å²) in [6, 6.07) is 2.58. The van der Waals surface area contributed by atoms with E-state index >= 15 is 0 Å². The molecule has 0 radical (unpaired) electrons. The first kappa shape index (κ1) is 20.6. The molecule has 2 rings (SSSR count). The molecular weight excluding hydrogens is 376 g/mol. The van der Waals surface area contributed by atoms with Crippen LogP contribution in [0.25, 0.3) is 0 Å². The minimum atomic E-state index is -4.98. The predicted molar refractivity (Wildman–Crippen MR) is 84.2 cm³/mol. The number of alkyl halides is 6. The van der Waals surface area contributed by atoms with E-state index < -0.39 is 40.6 Å². The summed E-state index contributed by atoms with van der Waals surface area (Å²) >= 11 is 0. The molecular formula is C17H15F6N3O. The van der Waals surface area contributed by atoms with Gasteiger partial charge in [0.25, 0.3) is 5.91 Å². The van der Waals surface area contributed by atoms with Gasteiger partial charge in [-0.3, -0.25) is 4.79 Å². The van der Waals surface area contributed by atoms with Crippen LogP contribution in [0.4, 0.5) is 32.0 Å². The fourth-order valence-corrected chi connectivity index (χ4v) is 2.60. The van der Waals surface area contributed by atoms with Gasteiger partial charge in [-0.2, -0.15) is 31.6 Å². The Balaban J connectivity index is 2.30. The predicted octanol–water partition coefficient (Wildman–Crippen LogP) is 4.56. The molecule has 0 unspecified atom stereocenters. The van der Waals surface area contributed by atoms with Gasteiger partial charge in [0.1, 0.15) is 11.6 Å². The van der Waals surface area contributed by atoms with Crippen LogP contribution in [0.2, 0.25) is 0 Å². The minimum absolute atomic E-state index is 0.00101. The van der Waals surface area contributed by atoms with Crippen LogP contribution in [0.15, 0.2) is 30.0 Å². The maximum atomic E-state index is 12.8. The van der Waals surface area contributed by atoms with E-state index in [1.807, 2.05) is 0 Å². The Morgan fingerprint density at radius 2 is 1.52 bits per heavy atom. The highest BCUT2D eigenvalue weighted by molar-refractivity contribution is 5.97. The molecule has 0 aromatic heterocycles. The van der Waals surface area contributed by atoms with E-state index in [2.05, 4.69) is 5.32 Å². The summed E-state index contributed by atoms with van der Waals surface area (Å²) in [5.74, 6) is -0.618. The fraction of sp³-hybridized carbons (Fsp3) is 0.412. The lowest BCUT2D eigenvalue weighted by atomic mass is 10.1. The van der Waals surface area contributed by atoms with E-state index in [9.17, 15) is 31.1 Å². The maximum Gasteiger partial charge on any atom is 0.416 e. The number of piperidine rings is 1. The maximum absolute atomic E-state index is 12.8. The number of anilines is 1. The molecule has 1 heterocycles. The van der Waals surface area contributed by atoms with Crippen molar-refractivity contribution in [3.8, 4) is 6.07 Å². The van der Waals surface area contributed by atoms with Crippen molar-refractivity contribution < 1.29 is 31.1 Å².